The molecule has 0 aliphatic carbocycles. The number of hydrogen-bond acceptors (Lipinski definition) is 8. The van der Waals surface area contributed by atoms with E-state index < -0.39 is 32.5 Å². The molecule has 9 nitrogen and oxygen atoms in total. The highest BCUT2D eigenvalue weighted by Gasteiger charge is 2.26. The van der Waals surface area contributed by atoms with Gasteiger partial charge < -0.3 is 20.1 Å². The number of ether oxygens (including phenoxy) is 2. The molecular formula is C45H80NO8P. The number of rotatable bonds is 40. The minimum atomic E-state index is -4.39. The zero-order chi connectivity index (χ0) is 40.3. The van der Waals surface area contributed by atoms with E-state index in [1.165, 1.54) is 77.0 Å². The SMILES string of the molecule is CC/C=C\C/C=C\C/C=C\C/C=C\C/C=C\CCCCCC(=O)O[C@H](COC(=O)CCCCCCCCCCCCCCCCC)COP(=O)(O)OCCN. The second kappa shape index (κ2) is 41.3. The number of carbonyl (C=O) groups is 2. The third kappa shape index (κ3) is 41.2. The molecule has 0 saturated carbocycles. The lowest BCUT2D eigenvalue weighted by atomic mass is 10.0. The Morgan fingerprint density at radius 1 is 0.564 bits per heavy atom. The molecule has 3 N–H and O–H groups in total. The lowest BCUT2D eigenvalue weighted by Crippen LogP contribution is -2.29. The van der Waals surface area contributed by atoms with Gasteiger partial charge in [0.15, 0.2) is 6.10 Å². The first-order valence-corrected chi connectivity index (χ1v) is 23.3. The van der Waals surface area contributed by atoms with Gasteiger partial charge in [-0.25, -0.2) is 4.57 Å². The van der Waals surface area contributed by atoms with E-state index in [4.69, 9.17) is 24.3 Å². The number of hydrogen-bond donors (Lipinski definition) is 2. The second-order valence-corrected chi connectivity index (χ2v) is 15.6. The monoisotopic (exact) mass is 794 g/mol. The molecule has 2 atom stereocenters. The molecule has 0 aromatic heterocycles. The lowest BCUT2D eigenvalue weighted by molar-refractivity contribution is -0.161. The first-order valence-electron chi connectivity index (χ1n) is 21.8. The summed E-state index contributed by atoms with van der Waals surface area (Å²) in [5, 5.41) is 0. The standard InChI is InChI=1S/C45H80NO8P/c1-3-5-7-9-11-13-15-17-19-20-21-22-24-26-28-30-32-34-36-38-45(48)54-43(42-53-55(49,50)52-40-39-46)41-51-44(47)37-35-33-31-29-27-25-23-18-16-14-12-10-8-6-4-2/h5,7,11,13,17,19,21-22,26,28,43H,3-4,6,8-10,12,14-16,18,20,23-25,27,29-42,46H2,1-2H3,(H,49,50)/b7-5-,13-11-,19-17-,22-21-,28-26-/t43-/m1/s1. The average molecular weight is 794 g/mol. The molecule has 0 spiro atoms. The summed E-state index contributed by atoms with van der Waals surface area (Å²) in [4.78, 5) is 34.9. The number of phosphoric ester groups is 1. The van der Waals surface area contributed by atoms with E-state index in [-0.39, 0.29) is 32.6 Å². The molecule has 0 amide bonds. The number of phosphoric acid groups is 1. The Morgan fingerprint density at radius 2 is 1.00 bits per heavy atom. The fourth-order valence-corrected chi connectivity index (χ4v) is 6.48. The Hall–Kier alpha value is -2.29. The van der Waals surface area contributed by atoms with Crippen LogP contribution >= 0.6 is 7.82 Å². The summed E-state index contributed by atoms with van der Waals surface area (Å²) < 4.78 is 32.7. The van der Waals surface area contributed by atoms with Gasteiger partial charge >= 0.3 is 19.8 Å². The van der Waals surface area contributed by atoms with Gasteiger partial charge in [0.25, 0.3) is 0 Å². The van der Waals surface area contributed by atoms with Gasteiger partial charge in [-0.15, -0.1) is 0 Å². The molecule has 0 radical (unpaired) electrons. The van der Waals surface area contributed by atoms with Crippen LogP contribution in [0.2, 0.25) is 0 Å². The van der Waals surface area contributed by atoms with E-state index in [2.05, 4.69) is 74.6 Å². The van der Waals surface area contributed by atoms with Crippen LogP contribution in [-0.2, 0) is 32.7 Å². The van der Waals surface area contributed by atoms with Crippen LogP contribution in [0.5, 0.6) is 0 Å². The Bertz CT molecular complexity index is 1090. The third-order valence-electron chi connectivity index (χ3n) is 8.92. The Labute approximate surface area is 336 Å². The van der Waals surface area contributed by atoms with E-state index in [1.54, 1.807) is 0 Å². The summed E-state index contributed by atoms with van der Waals surface area (Å²) in [6.07, 6.45) is 48.2. The van der Waals surface area contributed by atoms with Crippen molar-refractivity contribution in [3.8, 4) is 0 Å². The van der Waals surface area contributed by atoms with Crippen LogP contribution < -0.4 is 5.73 Å². The summed E-state index contributed by atoms with van der Waals surface area (Å²) in [5.41, 5.74) is 5.34. The van der Waals surface area contributed by atoms with Crippen LogP contribution in [0, 0.1) is 0 Å². The van der Waals surface area contributed by atoms with Crippen molar-refractivity contribution in [2.45, 2.75) is 187 Å². The predicted molar refractivity (Wildman–Crippen MR) is 229 cm³/mol. The highest BCUT2D eigenvalue weighted by Crippen LogP contribution is 2.43. The number of allylic oxidation sites excluding steroid dienone is 10. The molecule has 0 bridgehead atoms. The maximum atomic E-state index is 12.6. The maximum Gasteiger partial charge on any atom is 0.472 e. The molecule has 0 aliphatic rings. The second-order valence-electron chi connectivity index (χ2n) is 14.2. The Kier molecular flexibility index (Phi) is 39.6. The summed E-state index contributed by atoms with van der Waals surface area (Å²) >= 11 is 0. The molecule has 1 unspecified atom stereocenters. The highest BCUT2D eigenvalue weighted by atomic mass is 31.2. The minimum Gasteiger partial charge on any atom is -0.462 e. The van der Waals surface area contributed by atoms with E-state index in [0.717, 1.165) is 70.6 Å². The topological polar surface area (TPSA) is 134 Å². The fourth-order valence-electron chi connectivity index (χ4n) is 5.72. The third-order valence-corrected chi connectivity index (χ3v) is 9.90. The van der Waals surface area contributed by atoms with E-state index >= 15 is 0 Å². The van der Waals surface area contributed by atoms with Crippen LogP contribution in [-0.4, -0.2) is 49.3 Å². The fraction of sp³-hybridized carbons (Fsp3) is 0.733. The van der Waals surface area contributed by atoms with Crippen molar-refractivity contribution in [1.82, 2.24) is 0 Å². The molecule has 10 heteroatoms. The summed E-state index contributed by atoms with van der Waals surface area (Å²) in [6.45, 7) is 3.58. The van der Waals surface area contributed by atoms with Crippen LogP contribution in [0.3, 0.4) is 0 Å². The molecule has 0 saturated heterocycles. The number of unbranched alkanes of at least 4 members (excludes halogenated alkanes) is 17. The van der Waals surface area contributed by atoms with Gasteiger partial charge in [0.2, 0.25) is 0 Å². The molecule has 55 heavy (non-hydrogen) atoms. The molecule has 0 aromatic carbocycles. The lowest BCUT2D eigenvalue weighted by Gasteiger charge is -2.19. The van der Waals surface area contributed by atoms with Gasteiger partial charge in [-0.1, -0.05) is 171 Å². The van der Waals surface area contributed by atoms with Crippen molar-refractivity contribution in [2.24, 2.45) is 5.73 Å². The van der Waals surface area contributed by atoms with Crippen molar-refractivity contribution in [3.63, 3.8) is 0 Å². The van der Waals surface area contributed by atoms with Crippen molar-refractivity contribution < 1.29 is 37.6 Å². The number of carbonyl (C=O) groups excluding carboxylic acids is 2. The normalized spacial score (nSPS) is 13.9. The molecule has 0 aromatic rings. The average Bonchev–Trinajstić information content (AvgIpc) is 3.17. The van der Waals surface area contributed by atoms with E-state index in [0.29, 0.717) is 6.42 Å². The molecule has 318 valence electrons. The van der Waals surface area contributed by atoms with Crippen LogP contribution in [0.1, 0.15) is 181 Å². The zero-order valence-corrected chi connectivity index (χ0v) is 35.8. The molecular weight excluding hydrogens is 713 g/mol. The van der Waals surface area contributed by atoms with Crippen molar-refractivity contribution in [1.29, 1.82) is 0 Å². The molecule has 0 aliphatic heterocycles. The van der Waals surface area contributed by atoms with Crippen molar-refractivity contribution in [3.05, 3.63) is 60.8 Å². The van der Waals surface area contributed by atoms with E-state index in [1.807, 2.05) is 0 Å². The molecule has 0 rings (SSSR count). The summed E-state index contributed by atoms with van der Waals surface area (Å²) in [7, 11) is -4.39. The largest absolute Gasteiger partial charge is 0.472 e. The quantitative estimate of drug-likeness (QED) is 0.0269. The van der Waals surface area contributed by atoms with Gasteiger partial charge in [0.1, 0.15) is 6.61 Å². The van der Waals surface area contributed by atoms with Gasteiger partial charge in [-0.3, -0.25) is 18.6 Å². The summed E-state index contributed by atoms with van der Waals surface area (Å²) in [6, 6.07) is 0. The van der Waals surface area contributed by atoms with Crippen molar-refractivity contribution >= 4 is 19.8 Å². The minimum absolute atomic E-state index is 0.0460. The van der Waals surface area contributed by atoms with Gasteiger partial charge in [-0.2, -0.15) is 0 Å². The highest BCUT2D eigenvalue weighted by molar-refractivity contribution is 7.47. The number of esters is 2. The summed E-state index contributed by atoms with van der Waals surface area (Å²) in [5.74, 6) is -0.866. The molecule has 0 fully saturated rings. The predicted octanol–water partition coefficient (Wildman–Crippen LogP) is 12.5. The maximum absolute atomic E-state index is 12.6. The van der Waals surface area contributed by atoms with Crippen molar-refractivity contribution in [2.75, 3.05) is 26.4 Å². The van der Waals surface area contributed by atoms with E-state index in [9.17, 15) is 19.0 Å². The first-order chi connectivity index (χ1) is 26.8. The molecule has 0 heterocycles. The smallest absolute Gasteiger partial charge is 0.462 e. The van der Waals surface area contributed by atoms with Gasteiger partial charge in [0.05, 0.1) is 13.2 Å². The van der Waals surface area contributed by atoms with Crippen LogP contribution in [0.15, 0.2) is 60.8 Å². The number of nitrogens with two attached hydrogens (primary N) is 1. The Balaban J connectivity index is 4.22. The van der Waals surface area contributed by atoms with Gasteiger partial charge in [0, 0.05) is 19.4 Å². The first kappa shape index (κ1) is 52.7. The van der Waals surface area contributed by atoms with Crippen LogP contribution in [0.25, 0.3) is 0 Å². The van der Waals surface area contributed by atoms with Crippen LogP contribution in [0.4, 0.5) is 0 Å². The van der Waals surface area contributed by atoms with Gasteiger partial charge in [-0.05, 0) is 57.8 Å². The Morgan fingerprint density at radius 3 is 1.49 bits per heavy atom. The zero-order valence-electron chi connectivity index (χ0n) is 34.9.